The van der Waals surface area contributed by atoms with Crippen LogP contribution in [0.1, 0.15) is 17.5 Å². The quantitative estimate of drug-likeness (QED) is 0.917. The van der Waals surface area contributed by atoms with Crippen LogP contribution in [0.4, 0.5) is 0 Å². The summed E-state index contributed by atoms with van der Waals surface area (Å²) in [5.41, 5.74) is 2.01. The number of hydrogen-bond acceptors (Lipinski definition) is 2. The summed E-state index contributed by atoms with van der Waals surface area (Å²) in [4.78, 5) is 10.3. The molecule has 1 N–H and O–H groups in total. The van der Waals surface area contributed by atoms with Crippen molar-refractivity contribution in [1.29, 1.82) is 0 Å². The van der Waals surface area contributed by atoms with Crippen molar-refractivity contribution in [2.75, 3.05) is 6.61 Å². The maximum Gasteiger partial charge on any atom is 0.306 e. The minimum Gasteiger partial charge on any atom is -0.492 e. The van der Waals surface area contributed by atoms with Crippen LogP contribution in [0.25, 0.3) is 0 Å². The fourth-order valence-corrected chi connectivity index (χ4v) is 2.05. The Morgan fingerprint density at radius 2 is 1.93 bits per heavy atom. The number of halogens is 1. The van der Waals surface area contributed by atoms with Crippen LogP contribution in [0.3, 0.4) is 0 Å². The summed E-state index contributed by atoms with van der Waals surface area (Å²) in [6.45, 7) is 4.08. The number of carbonyl (C=O) groups is 1. The lowest BCUT2D eigenvalue weighted by atomic mass is 10.1. The van der Waals surface area contributed by atoms with E-state index in [4.69, 9.17) is 9.84 Å². The van der Waals surface area contributed by atoms with Crippen molar-refractivity contribution in [3.05, 3.63) is 27.7 Å². The Hall–Kier alpha value is -1.03. The van der Waals surface area contributed by atoms with Gasteiger partial charge in [-0.3, -0.25) is 4.79 Å². The van der Waals surface area contributed by atoms with Crippen LogP contribution in [-0.4, -0.2) is 17.7 Å². The molecule has 0 unspecified atom stereocenters. The number of carboxylic acids is 1. The molecule has 0 saturated carbocycles. The fraction of sp³-hybridized carbons (Fsp3) is 0.364. The first kappa shape index (κ1) is 12.0. The van der Waals surface area contributed by atoms with Crippen LogP contribution in [-0.2, 0) is 4.79 Å². The molecule has 3 nitrogen and oxygen atoms in total. The van der Waals surface area contributed by atoms with E-state index in [-0.39, 0.29) is 13.0 Å². The van der Waals surface area contributed by atoms with Crippen LogP contribution in [0, 0.1) is 13.8 Å². The molecular formula is C11H13BrO3. The lowest BCUT2D eigenvalue weighted by molar-refractivity contribution is -0.137. The van der Waals surface area contributed by atoms with Crippen LogP contribution in [0.5, 0.6) is 5.75 Å². The molecule has 0 bridgehead atoms. The van der Waals surface area contributed by atoms with Gasteiger partial charge in [0.05, 0.1) is 13.0 Å². The average Bonchev–Trinajstić information content (AvgIpc) is 2.08. The summed E-state index contributed by atoms with van der Waals surface area (Å²) in [5.74, 6) is -0.0677. The van der Waals surface area contributed by atoms with Gasteiger partial charge < -0.3 is 9.84 Å². The molecule has 0 aliphatic carbocycles. The van der Waals surface area contributed by atoms with Gasteiger partial charge in [0.1, 0.15) is 5.75 Å². The number of aryl methyl sites for hydroxylation is 2. The number of ether oxygens (including phenoxy) is 1. The van der Waals surface area contributed by atoms with Crippen molar-refractivity contribution < 1.29 is 14.6 Å². The molecule has 0 aliphatic rings. The number of rotatable bonds is 4. The highest BCUT2D eigenvalue weighted by molar-refractivity contribution is 9.10. The first-order valence-electron chi connectivity index (χ1n) is 4.62. The summed E-state index contributed by atoms with van der Waals surface area (Å²) >= 11 is 3.39. The van der Waals surface area contributed by atoms with Crippen molar-refractivity contribution in [3.63, 3.8) is 0 Å². The van der Waals surface area contributed by atoms with E-state index in [1.54, 1.807) is 0 Å². The molecule has 0 aromatic heterocycles. The van der Waals surface area contributed by atoms with Gasteiger partial charge in [0.2, 0.25) is 0 Å². The van der Waals surface area contributed by atoms with Crippen molar-refractivity contribution in [3.8, 4) is 5.75 Å². The van der Waals surface area contributed by atoms with Gasteiger partial charge in [0.25, 0.3) is 0 Å². The van der Waals surface area contributed by atoms with E-state index in [0.29, 0.717) is 0 Å². The molecule has 0 fully saturated rings. The lowest BCUT2D eigenvalue weighted by Crippen LogP contribution is -2.06. The van der Waals surface area contributed by atoms with Crippen molar-refractivity contribution in [2.45, 2.75) is 20.3 Å². The third-order valence-electron chi connectivity index (χ3n) is 1.99. The zero-order valence-electron chi connectivity index (χ0n) is 8.71. The third-order valence-corrected chi connectivity index (χ3v) is 2.45. The average molecular weight is 273 g/mol. The fourth-order valence-electron chi connectivity index (χ4n) is 1.37. The summed E-state index contributed by atoms with van der Waals surface area (Å²) in [6, 6.07) is 3.90. The van der Waals surface area contributed by atoms with Gasteiger partial charge in [0, 0.05) is 4.47 Å². The first-order valence-corrected chi connectivity index (χ1v) is 5.41. The minimum absolute atomic E-state index is 0.0228. The molecule has 0 heterocycles. The Labute approximate surface area is 97.2 Å². The zero-order chi connectivity index (χ0) is 11.4. The van der Waals surface area contributed by atoms with E-state index in [0.717, 1.165) is 21.3 Å². The van der Waals surface area contributed by atoms with E-state index < -0.39 is 5.97 Å². The molecule has 1 rings (SSSR count). The number of carboxylic acid groups (broad SMARTS) is 1. The second-order valence-corrected chi connectivity index (χ2v) is 4.28. The van der Waals surface area contributed by atoms with Gasteiger partial charge >= 0.3 is 5.97 Å². The Bertz CT molecular complexity index is 351. The van der Waals surface area contributed by atoms with Gasteiger partial charge in [-0.25, -0.2) is 0 Å². The number of hydrogen-bond donors (Lipinski definition) is 1. The molecule has 1 aromatic rings. The SMILES string of the molecule is Cc1cc(Br)cc(C)c1OCCC(=O)O. The zero-order valence-corrected chi connectivity index (χ0v) is 10.3. The van der Waals surface area contributed by atoms with Gasteiger partial charge in [-0.1, -0.05) is 15.9 Å². The Balaban J connectivity index is 2.72. The first-order chi connectivity index (χ1) is 7.00. The molecule has 0 atom stereocenters. The second kappa shape index (κ2) is 5.16. The van der Waals surface area contributed by atoms with Gasteiger partial charge in [0.15, 0.2) is 0 Å². The van der Waals surface area contributed by atoms with E-state index in [1.165, 1.54) is 0 Å². The normalized spacial score (nSPS) is 10.1. The molecule has 0 spiro atoms. The Kier molecular flexibility index (Phi) is 4.15. The van der Waals surface area contributed by atoms with Gasteiger partial charge in [-0.2, -0.15) is 0 Å². The second-order valence-electron chi connectivity index (χ2n) is 3.36. The molecular weight excluding hydrogens is 260 g/mol. The summed E-state index contributed by atoms with van der Waals surface area (Å²) in [7, 11) is 0. The Morgan fingerprint density at radius 3 is 2.40 bits per heavy atom. The predicted molar refractivity (Wildman–Crippen MR) is 61.4 cm³/mol. The summed E-state index contributed by atoms with van der Waals surface area (Å²) < 4.78 is 6.43. The molecule has 4 heteroatoms. The maximum absolute atomic E-state index is 10.3. The smallest absolute Gasteiger partial charge is 0.306 e. The highest BCUT2D eigenvalue weighted by Gasteiger charge is 2.06. The van der Waals surface area contributed by atoms with Gasteiger partial charge in [-0.15, -0.1) is 0 Å². The molecule has 0 saturated heterocycles. The predicted octanol–water partition coefficient (Wildman–Crippen LogP) is 2.92. The Morgan fingerprint density at radius 1 is 1.40 bits per heavy atom. The summed E-state index contributed by atoms with van der Waals surface area (Å²) in [6.07, 6.45) is 0.0228. The van der Waals surface area contributed by atoms with E-state index in [9.17, 15) is 4.79 Å². The van der Waals surface area contributed by atoms with Crippen LogP contribution in [0.15, 0.2) is 16.6 Å². The molecule has 1 aromatic carbocycles. The largest absolute Gasteiger partial charge is 0.492 e. The van der Waals surface area contributed by atoms with Crippen molar-refractivity contribution in [2.24, 2.45) is 0 Å². The van der Waals surface area contributed by atoms with E-state index in [2.05, 4.69) is 15.9 Å². The number of aliphatic carboxylic acids is 1. The minimum atomic E-state index is -0.845. The van der Waals surface area contributed by atoms with Crippen molar-refractivity contribution in [1.82, 2.24) is 0 Å². The lowest BCUT2D eigenvalue weighted by Gasteiger charge is -2.11. The van der Waals surface area contributed by atoms with E-state index in [1.807, 2.05) is 26.0 Å². The van der Waals surface area contributed by atoms with Gasteiger partial charge in [-0.05, 0) is 37.1 Å². The van der Waals surface area contributed by atoms with Crippen LogP contribution in [0.2, 0.25) is 0 Å². The molecule has 0 aliphatic heterocycles. The molecule has 0 amide bonds. The third kappa shape index (κ3) is 3.55. The van der Waals surface area contributed by atoms with Crippen LogP contribution >= 0.6 is 15.9 Å². The summed E-state index contributed by atoms with van der Waals surface area (Å²) in [5, 5.41) is 8.49. The number of benzene rings is 1. The monoisotopic (exact) mass is 272 g/mol. The standard InChI is InChI=1S/C11H13BrO3/c1-7-5-9(12)6-8(2)11(7)15-4-3-10(13)14/h5-6H,3-4H2,1-2H3,(H,13,14). The molecule has 0 radical (unpaired) electrons. The highest BCUT2D eigenvalue weighted by Crippen LogP contribution is 2.27. The van der Waals surface area contributed by atoms with Crippen molar-refractivity contribution >= 4 is 21.9 Å². The topological polar surface area (TPSA) is 46.5 Å². The highest BCUT2D eigenvalue weighted by atomic mass is 79.9. The molecule has 82 valence electrons. The molecule has 15 heavy (non-hydrogen) atoms. The van der Waals surface area contributed by atoms with E-state index >= 15 is 0 Å². The van der Waals surface area contributed by atoms with Crippen LogP contribution < -0.4 is 4.74 Å². The maximum atomic E-state index is 10.3.